The zero-order valence-electron chi connectivity index (χ0n) is 19.3. The maximum atomic E-state index is 12.7. The molecule has 1 fully saturated rings. The van der Waals surface area contributed by atoms with Gasteiger partial charge in [0.05, 0.1) is 18.2 Å². The smallest absolute Gasteiger partial charge is 0.266 e. The van der Waals surface area contributed by atoms with Crippen molar-refractivity contribution in [1.29, 1.82) is 0 Å². The number of nitrogens with one attached hydrogen (secondary N) is 1. The Morgan fingerprint density at radius 3 is 2.52 bits per heavy atom. The van der Waals surface area contributed by atoms with Crippen molar-refractivity contribution in [2.75, 3.05) is 18.0 Å². The molecule has 0 saturated carbocycles. The fraction of sp³-hybridized carbons (Fsp3) is 0.375. The predicted octanol–water partition coefficient (Wildman–Crippen LogP) is 1.83. The van der Waals surface area contributed by atoms with E-state index in [1.54, 1.807) is 15.6 Å². The number of aryl methyl sites for hydroxylation is 4. The van der Waals surface area contributed by atoms with Gasteiger partial charge < -0.3 is 10.2 Å². The van der Waals surface area contributed by atoms with Crippen LogP contribution >= 0.6 is 0 Å². The predicted molar refractivity (Wildman–Crippen MR) is 124 cm³/mol. The van der Waals surface area contributed by atoms with E-state index in [2.05, 4.69) is 15.5 Å². The Morgan fingerprint density at radius 1 is 1.03 bits per heavy atom. The summed E-state index contributed by atoms with van der Waals surface area (Å²) in [5.74, 6) is -0.145. The molecule has 1 saturated heterocycles. The summed E-state index contributed by atoms with van der Waals surface area (Å²) in [6.45, 7) is 8.64. The van der Waals surface area contributed by atoms with E-state index in [1.807, 2.05) is 52.0 Å². The first kappa shape index (κ1) is 22.4. The fourth-order valence-electron chi connectivity index (χ4n) is 4.03. The van der Waals surface area contributed by atoms with Gasteiger partial charge >= 0.3 is 0 Å². The van der Waals surface area contributed by atoms with Gasteiger partial charge in [-0.15, -0.1) is 5.10 Å². The molecule has 33 heavy (non-hydrogen) atoms. The highest BCUT2D eigenvalue weighted by Gasteiger charge is 2.35. The van der Waals surface area contributed by atoms with Crippen LogP contribution in [0.15, 0.2) is 41.2 Å². The summed E-state index contributed by atoms with van der Waals surface area (Å²) < 4.78 is 2.99. The van der Waals surface area contributed by atoms with Crippen molar-refractivity contribution in [3.8, 4) is 5.82 Å². The van der Waals surface area contributed by atoms with E-state index in [-0.39, 0.29) is 36.9 Å². The molecule has 2 aromatic heterocycles. The molecule has 2 amide bonds. The lowest BCUT2D eigenvalue weighted by molar-refractivity contribution is -0.126. The summed E-state index contributed by atoms with van der Waals surface area (Å²) >= 11 is 0. The second kappa shape index (κ2) is 9.01. The molecule has 3 heterocycles. The van der Waals surface area contributed by atoms with Crippen LogP contribution in [0, 0.1) is 33.6 Å². The van der Waals surface area contributed by atoms with Gasteiger partial charge in [-0.2, -0.15) is 5.10 Å². The van der Waals surface area contributed by atoms with E-state index in [0.717, 1.165) is 28.2 Å². The van der Waals surface area contributed by atoms with Crippen LogP contribution in [0.4, 0.5) is 5.69 Å². The van der Waals surface area contributed by atoms with Crippen molar-refractivity contribution in [1.82, 2.24) is 24.9 Å². The van der Waals surface area contributed by atoms with Crippen LogP contribution in [0.3, 0.4) is 0 Å². The normalized spacial score (nSPS) is 15.8. The molecule has 3 aromatic rings. The second-order valence-electron chi connectivity index (χ2n) is 8.56. The zero-order valence-corrected chi connectivity index (χ0v) is 19.3. The van der Waals surface area contributed by atoms with Gasteiger partial charge in [0.1, 0.15) is 0 Å². The Hall–Kier alpha value is -3.75. The topological polar surface area (TPSA) is 102 Å². The third-order valence-corrected chi connectivity index (χ3v) is 6.00. The maximum Gasteiger partial charge on any atom is 0.266 e. The van der Waals surface area contributed by atoms with Gasteiger partial charge in [-0.3, -0.25) is 14.4 Å². The molecule has 172 valence electrons. The number of amides is 2. The van der Waals surface area contributed by atoms with Gasteiger partial charge in [0.15, 0.2) is 5.82 Å². The summed E-state index contributed by atoms with van der Waals surface area (Å²) in [5, 5.41) is 11.6. The van der Waals surface area contributed by atoms with Gasteiger partial charge in [0.25, 0.3) is 5.56 Å². The monoisotopic (exact) mass is 448 g/mol. The van der Waals surface area contributed by atoms with Crippen LogP contribution in [-0.4, -0.2) is 44.5 Å². The molecule has 9 heteroatoms. The molecule has 9 nitrogen and oxygen atoms in total. The van der Waals surface area contributed by atoms with Crippen molar-refractivity contribution < 1.29 is 9.59 Å². The molecular weight excluding hydrogens is 420 g/mol. The second-order valence-corrected chi connectivity index (χ2v) is 8.56. The fourth-order valence-corrected chi connectivity index (χ4v) is 4.03. The summed E-state index contributed by atoms with van der Waals surface area (Å²) in [4.78, 5) is 39.1. The molecule has 1 N–H and O–H groups in total. The molecule has 0 spiro atoms. The quantitative estimate of drug-likeness (QED) is 0.620. The van der Waals surface area contributed by atoms with Gasteiger partial charge in [0, 0.05) is 37.0 Å². The van der Waals surface area contributed by atoms with E-state index in [0.29, 0.717) is 12.4 Å². The van der Waals surface area contributed by atoms with E-state index in [4.69, 9.17) is 0 Å². The first-order valence-corrected chi connectivity index (χ1v) is 11.0. The van der Waals surface area contributed by atoms with Crippen LogP contribution in [-0.2, 0) is 16.1 Å². The molecule has 1 aliphatic rings. The Labute approximate surface area is 192 Å². The number of carbonyl (C=O) groups is 2. The molecule has 0 aliphatic carbocycles. The van der Waals surface area contributed by atoms with Crippen molar-refractivity contribution in [3.05, 3.63) is 69.3 Å². The number of hydrogen-bond donors (Lipinski definition) is 1. The van der Waals surface area contributed by atoms with E-state index in [1.165, 1.54) is 10.7 Å². The Kier molecular flexibility index (Phi) is 6.13. The van der Waals surface area contributed by atoms with Gasteiger partial charge in [0.2, 0.25) is 11.8 Å². The average Bonchev–Trinajstić information content (AvgIpc) is 3.33. The van der Waals surface area contributed by atoms with Crippen molar-refractivity contribution >= 4 is 17.5 Å². The number of rotatable bonds is 6. The summed E-state index contributed by atoms with van der Waals surface area (Å²) in [6.07, 6.45) is 0.171. The molecule has 0 unspecified atom stereocenters. The lowest BCUT2D eigenvalue weighted by atomic mass is 10.1. The highest BCUT2D eigenvalue weighted by molar-refractivity contribution is 6.00. The SMILES string of the molecule is Cc1cc(C)n(-c2ccc(=O)n(CCNC(=O)[C@@H]3CC(=O)N(c4ccc(C)c(C)c4)C3)n2)n1. The Balaban J connectivity index is 1.37. The molecule has 1 atom stereocenters. The van der Waals surface area contributed by atoms with Crippen LogP contribution < -0.4 is 15.8 Å². The standard InChI is InChI=1S/C24H28N6O3/c1-15-5-6-20(11-16(15)2)28-14-19(13-23(28)32)24(33)25-9-10-29-22(31)8-7-21(27-29)30-18(4)12-17(3)26-30/h5-8,11-12,19H,9-10,13-14H2,1-4H3,(H,25,33)/t19-/m1/s1. The van der Waals surface area contributed by atoms with Crippen LogP contribution in [0.25, 0.3) is 5.82 Å². The number of anilines is 1. The zero-order chi connectivity index (χ0) is 23.7. The first-order valence-electron chi connectivity index (χ1n) is 11.0. The minimum atomic E-state index is -0.426. The molecule has 1 aromatic carbocycles. The van der Waals surface area contributed by atoms with Crippen LogP contribution in [0.1, 0.15) is 28.9 Å². The van der Waals surface area contributed by atoms with Crippen LogP contribution in [0.2, 0.25) is 0 Å². The highest BCUT2D eigenvalue weighted by atomic mass is 16.2. The minimum Gasteiger partial charge on any atom is -0.354 e. The maximum absolute atomic E-state index is 12.7. The largest absolute Gasteiger partial charge is 0.354 e. The van der Waals surface area contributed by atoms with Gasteiger partial charge in [-0.05, 0) is 63.1 Å². The number of nitrogens with zero attached hydrogens (tertiary/aromatic N) is 5. The minimum absolute atomic E-state index is 0.0612. The number of carbonyl (C=O) groups excluding carboxylic acids is 2. The third kappa shape index (κ3) is 4.72. The molecule has 0 bridgehead atoms. The number of aromatic nitrogens is 4. The summed E-state index contributed by atoms with van der Waals surface area (Å²) in [7, 11) is 0. The molecule has 0 radical (unpaired) electrons. The van der Waals surface area contributed by atoms with Crippen molar-refractivity contribution in [3.63, 3.8) is 0 Å². The average molecular weight is 449 g/mol. The molecule has 1 aliphatic heterocycles. The summed E-state index contributed by atoms with van der Waals surface area (Å²) in [6, 6.07) is 10.9. The number of hydrogen-bond acceptors (Lipinski definition) is 5. The lowest BCUT2D eigenvalue weighted by Gasteiger charge is -2.18. The van der Waals surface area contributed by atoms with Crippen molar-refractivity contribution in [2.45, 2.75) is 40.7 Å². The Morgan fingerprint density at radius 2 is 1.82 bits per heavy atom. The molecule has 4 rings (SSSR count). The summed E-state index contributed by atoms with van der Waals surface area (Å²) in [5.41, 5.74) is 4.60. The number of benzene rings is 1. The van der Waals surface area contributed by atoms with Crippen LogP contribution in [0.5, 0.6) is 0 Å². The highest BCUT2D eigenvalue weighted by Crippen LogP contribution is 2.26. The third-order valence-electron chi connectivity index (χ3n) is 6.00. The van der Waals surface area contributed by atoms with E-state index < -0.39 is 5.92 Å². The lowest BCUT2D eigenvalue weighted by Crippen LogP contribution is -2.36. The van der Waals surface area contributed by atoms with Gasteiger partial charge in [-0.25, -0.2) is 9.36 Å². The van der Waals surface area contributed by atoms with E-state index >= 15 is 0 Å². The molecular formula is C24H28N6O3. The van der Waals surface area contributed by atoms with Gasteiger partial charge in [-0.1, -0.05) is 6.07 Å². The van der Waals surface area contributed by atoms with E-state index in [9.17, 15) is 14.4 Å². The van der Waals surface area contributed by atoms with Crippen molar-refractivity contribution in [2.24, 2.45) is 5.92 Å². The Bertz CT molecular complexity index is 1280. The first-order chi connectivity index (χ1) is 15.7.